The lowest BCUT2D eigenvalue weighted by Crippen LogP contribution is -2.27. The van der Waals surface area contributed by atoms with E-state index >= 15 is 0 Å². The fraction of sp³-hybridized carbons (Fsp3) is 0.238. The van der Waals surface area contributed by atoms with Gasteiger partial charge in [0.1, 0.15) is 16.7 Å². The number of methoxy groups -OCH3 is 2. The van der Waals surface area contributed by atoms with Crippen LogP contribution in [-0.2, 0) is 0 Å². The van der Waals surface area contributed by atoms with Crippen molar-refractivity contribution in [2.45, 2.75) is 19.9 Å². The molecule has 146 valence electrons. The van der Waals surface area contributed by atoms with Crippen LogP contribution < -0.4 is 14.8 Å². The highest BCUT2D eigenvalue weighted by molar-refractivity contribution is 6.33. The largest absolute Gasteiger partial charge is 0.497 e. The lowest BCUT2D eigenvalue weighted by Gasteiger charge is -2.18. The first-order valence-corrected chi connectivity index (χ1v) is 9.17. The molecule has 1 atom stereocenters. The first-order valence-electron chi connectivity index (χ1n) is 8.79. The van der Waals surface area contributed by atoms with Gasteiger partial charge in [0.05, 0.1) is 37.2 Å². The van der Waals surface area contributed by atoms with Crippen molar-refractivity contribution in [3.05, 3.63) is 70.5 Å². The second kappa shape index (κ2) is 8.35. The number of nitrogens with zero attached hydrogens (tertiary/aromatic N) is 2. The van der Waals surface area contributed by atoms with Gasteiger partial charge in [-0.3, -0.25) is 4.79 Å². The van der Waals surface area contributed by atoms with Crippen LogP contribution >= 0.6 is 11.6 Å². The fourth-order valence-corrected chi connectivity index (χ4v) is 3.38. The normalized spacial score (nSPS) is 11.8. The number of halogens is 1. The Balaban J connectivity index is 1.87. The van der Waals surface area contributed by atoms with Gasteiger partial charge in [-0.05, 0) is 38.1 Å². The van der Waals surface area contributed by atoms with Gasteiger partial charge < -0.3 is 14.8 Å². The Morgan fingerprint density at radius 3 is 2.50 bits per heavy atom. The second-order valence-corrected chi connectivity index (χ2v) is 6.66. The molecule has 0 saturated carbocycles. The highest BCUT2D eigenvalue weighted by atomic mass is 35.5. The van der Waals surface area contributed by atoms with E-state index in [2.05, 4.69) is 10.4 Å². The summed E-state index contributed by atoms with van der Waals surface area (Å²) in [4.78, 5) is 12.9. The number of hydrogen-bond donors (Lipinski definition) is 1. The van der Waals surface area contributed by atoms with Crippen LogP contribution in [0.2, 0.25) is 5.15 Å². The van der Waals surface area contributed by atoms with E-state index in [-0.39, 0.29) is 17.1 Å². The van der Waals surface area contributed by atoms with Crippen molar-refractivity contribution in [1.82, 2.24) is 15.1 Å². The molecule has 0 fully saturated rings. The van der Waals surface area contributed by atoms with Crippen molar-refractivity contribution < 1.29 is 14.3 Å². The number of amides is 1. The Kier molecular flexibility index (Phi) is 5.90. The number of benzene rings is 2. The van der Waals surface area contributed by atoms with E-state index in [0.717, 1.165) is 11.3 Å². The first-order chi connectivity index (χ1) is 13.5. The van der Waals surface area contributed by atoms with Crippen molar-refractivity contribution in [1.29, 1.82) is 0 Å². The van der Waals surface area contributed by atoms with Gasteiger partial charge in [-0.1, -0.05) is 29.8 Å². The Bertz CT molecular complexity index is 986. The van der Waals surface area contributed by atoms with Gasteiger partial charge in [-0.25, -0.2) is 4.68 Å². The Morgan fingerprint density at radius 1 is 1.14 bits per heavy atom. The monoisotopic (exact) mass is 399 g/mol. The predicted octanol–water partition coefficient (Wildman–Crippen LogP) is 4.34. The number of rotatable bonds is 6. The van der Waals surface area contributed by atoms with E-state index in [1.165, 1.54) is 0 Å². The van der Waals surface area contributed by atoms with Gasteiger partial charge in [-0.2, -0.15) is 5.10 Å². The zero-order valence-corrected chi connectivity index (χ0v) is 16.9. The lowest BCUT2D eigenvalue weighted by molar-refractivity contribution is 0.0939. The summed E-state index contributed by atoms with van der Waals surface area (Å²) >= 11 is 6.49. The minimum absolute atomic E-state index is 0.273. The quantitative estimate of drug-likeness (QED) is 0.669. The lowest BCUT2D eigenvalue weighted by atomic mass is 10.1. The number of ether oxygens (including phenoxy) is 2. The molecule has 1 aromatic heterocycles. The van der Waals surface area contributed by atoms with Crippen LogP contribution in [0.15, 0.2) is 48.5 Å². The highest BCUT2D eigenvalue weighted by Gasteiger charge is 2.23. The van der Waals surface area contributed by atoms with Gasteiger partial charge in [0, 0.05) is 11.6 Å². The Morgan fingerprint density at radius 2 is 1.86 bits per heavy atom. The molecule has 3 aromatic rings. The van der Waals surface area contributed by atoms with Gasteiger partial charge >= 0.3 is 0 Å². The zero-order chi connectivity index (χ0) is 20.3. The van der Waals surface area contributed by atoms with Crippen LogP contribution in [0.3, 0.4) is 0 Å². The highest BCUT2D eigenvalue weighted by Crippen LogP contribution is 2.30. The number of para-hydroxylation sites is 1. The van der Waals surface area contributed by atoms with E-state index in [9.17, 15) is 4.79 Å². The summed E-state index contributed by atoms with van der Waals surface area (Å²) in [5.41, 5.74) is 2.53. The summed E-state index contributed by atoms with van der Waals surface area (Å²) in [6.07, 6.45) is 0. The third-order valence-electron chi connectivity index (χ3n) is 4.49. The number of carbonyl (C=O) groups is 1. The maximum absolute atomic E-state index is 12.9. The van der Waals surface area contributed by atoms with E-state index in [4.69, 9.17) is 21.1 Å². The maximum Gasteiger partial charge on any atom is 0.256 e. The third-order valence-corrected chi connectivity index (χ3v) is 4.84. The number of carbonyl (C=O) groups excluding carboxylic acids is 1. The Hall–Kier alpha value is -2.99. The number of hydrogen-bond acceptors (Lipinski definition) is 4. The summed E-state index contributed by atoms with van der Waals surface area (Å²) in [6, 6.07) is 14.6. The molecule has 0 aliphatic rings. The molecule has 0 spiro atoms. The van der Waals surface area contributed by atoms with Gasteiger partial charge in [0.2, 0.25) is 0 Å². The number of aryl methyl sites for hydroxylation is 1. The molecular formula is C21H22ClN3O3. The SMILES string of the molecule is COc1ccc(C(C)NC(=O)c2c(C)nn(-c3ccccc3)c2Cl)c(OC)c1. The maximum atomic E-state index is 12.9. The van der Waals surface area contributed by atoms with Crippen LogP contribution in [0.1, 0.15) is 34.6 Å². The van der Waals surface area contributed by atoms with Crippen LogP contribution in [0, 0.1) is 6.92 Å². The third kappa shape index (κ3) is 3.82. The van der Waals surface area contributed by atoms with Crippen molar-refractivity contribution in [2.24, 2.45) is 0 Å². The number of nitrogens with one attached hydrogen (secondary N) is 1. The van der Waals surface area contributed by atoms with E-state index in [1.807, 2.05) is 49.4 Å². The Labute approximate surface area is 169 Å². The molecule has 3 rings (SSSR count). The van der Waals surface area contributed by atoms with Crippen molar-refractivity contribution in [3.8, 4) is 17.2 Å². The molecule has 0 aliphatic carbocycles. The smallest absolute Gasteiger partial charge is 0.256 e. The zero-order valence-electron chi connectivity index (χ0n) is 16.2. The van der Waals surface area contributed by atoms with E-state index in [0.29, 0.717) is 22.8 Å². The molecule has 1 unspecified atom stereocenters. The summed E-state index contributed by atoms with van der Waals surface area (Å²) < 4.78 is 12.2. The van der Waals surface area contributed by atoms with Crippen molar-refractivity contribution in [3.63, 3.8) is 0 Å². The molecule has 6 nitrogen and oxygen atoms in total. The molecule has 7 heteroatoms. The molecule has 1 amide bonds. The minimum atomic E-state index is -0.302. The number of aromatic nitrogens is 2. The minimum Gasteiger partial charge on any atom is -0.497 e. The molecule has 2 aromatic carbocycles. The second-order valence-electron chi connectivity index (χ2n) is 6.30. The fourth-order valence-electron chi connectivity index (χ4n) is 3.02. The molecule has 1 N–H and O–H groups in total. The van der Waals surface area contributed by atoms with Crippen LogP contribution in [0.25, 0.3) is 5.69 Å². The molecule has 0 radical (unpaired) electrons. The first kappa shape index (κ1) is 19.8. The molecule has 28 heavy (non-hydrogen) atoms. The average Bonchev–Trinajstić information content (AvgIpc) is 3.02. The topological polar surface area (TPSA) is 65.4 Å². The molecular weight excluding hydrogens is 378 g/mol. The average molecular weight is 400 g/mol. The molecule has 0 aliphatic heterocycles. The molecule has 1 heterocycles. The van der Waals surface area contributed by atoms with Gasteiger partial charge in [0.15, 0.2) is 0 Å². The summed E-state index contributed by atoms with van der Waals surface area (Å²) in [6.45, 7) is 3.64. The van der Waals surface area contributed by atoms with Crippen LogP contribution in [0.5, 0.6) is 11.5 Å². The summed E-state index contributed by atoms with van der Waals surface area (Å²) in [7, 11) is 3.17. The summed E-state index contributed by atoms with van der Waals surface area (Å²) in [5, 5.41) is 7.67. The van der Waals surface area contributed by atoms with Crippen LogP contribution in [0.4, 0.5) is 0 Å². The van der Waals surface area contributed by atoms with Gasteiger partial charge in [-0.15, -0.1) is 0 Å². The van der Waals surface area contributed by atoms with E-state index in [1.54, 1.807) is 31.9 Å². The summed E-state index contributed by atoms with van der Waals surface area (Å²) in [5.74, 6) is 1.02. The van der Waals surface area contributed by atoms with Crippen LogP contribution in [-0.4, -0.2) is 29.9 Å². The molecule has 0 saturated heterocycles. The standard InChI is InChI=1S/C21H22ClN3O3/c1-13(17-11-10-16(27-3)12-18(17)28-4)23-21(26)19-14(2)24-25(20(19)22)15-8-6-5-7-9-15/h5-13H,1-4H3,(H,23,26). The molecule has 0 bridgehead atoms. The van der Waals surface area contributed by atoms with Crippen molar-refractivity contribution in [2.75, 3.05) is 14.2 Å². The predicted molar refractivity (Wildman–Crippen MR) is 109 cm³/mol. The van der Waals surface area contributed by atoms with Gasteiger partial charge in [0.25, 0.3) is 5.91 Å². The van der Waals surface area contributed by atoms with Crippen molar-refractivity contribution >= 4 is 17.5 Å². The van der Waals surface area contributed by atoms with E-state index < -0.39 is 0 Å².